The first kappa shape index (κ1) is 10.3. The van der Waals surface area contributed by atoms with Gasteiger partial charge in [0.25, 0.3) is 0 Å². The first-order valence-electron chi connectivity index (χ1n) is 5.53. The lowest BCUT2D eigenvalue weighted by molar-refractivity contribution is 0.506. The lowest BCUT2D eigenvalue weighted by Crippen LogP contribution is -2.06. The van der Waals surface area contributed by atoms with Gasteiger partial charge in [-0.05, 0) is 35.7 Å². The summed E-state index contributed by atoms with van der Waals surface area (Å²) in [5, 5.41) is 3.31. The summed E-state index contributed by atoms with van der Waals surface area (Å²) < 4.78 is 26.0. The van der Waals surface area contributed by atoms with E-state index in [4.69, 9.17) is 0 Å². The second kappa shape index (κ2) is 3.84. The average molecular weight is 231 g/mol. The van der Waals surface area contributed by atoms with Gasteiger partial charge in [-0.15, -0.1) is 0 Å². The molecule has 0 saturated heterocycles. The Balaban J connectivity index is 1.91. The number of nitrogens with one attached hydrogen (secondary N) is 1. The molecule has 1 unspecified atom stereocenters. The molecule has 0 saturated carbocycles. The zero-order valence-corrected chi connectivity index (χ0v) is 9.08. The van der Waals surface area contributed by atoms with Gasteiger partial charge in [-0.3, -0.25) is 0 Å². The molecule has 86 valence electrons. The Labute approximate surface area is 98.1 Å². The summed E-state index contributed by atoms with van der Waals surface area (Å²) in [5.74, 6) is -1.59. The van der Waals surface area contributed by atoms with Crippen molar-refractivity contribution in [3.05, 3.63) is 65.2 Å². The van der Waals surface area contributed by atoms with Crippen molar-refractivity contribution in [1.82, 2.24) is 0 Å². The molecule has 0 aromatic heterocycles. The van der Waals surface area contributed by atoms with E-state index in [-0.39, 0.29) is 6.04 Å². The normalized spacial score (nSPS) is 17.6. The van der Waals surface area contributed by atoms with Crippen LogP contribution in [0, 0.1) is 11.6 Å². The molecule has 17 heavy (non-hydrogen) atoms. The SMILES string of the molecule is Fc1ccc(C2Cc3ccccc3N2)cc1F. The number of para-hydroxylation sites is 1. The fraction of sp³-hybridized carbons (Fsp3) is 0.143. The van der Waals surface area contributed by atoms with Crippen molar-refractivity contribution in [3.8, 4) is 0 Å². The van der Waals surface area contributed by atoms with Crippen molar-refractivity contribution in [3.63, 3.8) is 0 Å². The van der Waals surface area contributed by atoms with Crippen LogP contribution in [-0.2, 0) is 6.42 Å². The van der Waals surface area contributed by atoms with Crippen LogP contribution in [0.4, 0.5) is 14.5 Å². The van der Waals surface area contributed by atoms with Crippen molar-refractivity contribution < 1.29 is 8.78 Å². The third kappa shape index (κ3) is 1.78. The Morgan fingerprint density at radius 2 is 1.82 bits per heavy atom. The van der Waals surface area contributed by atoms with Gasteiger partial charge in [-0.2, -0.15) is 0 Å². The minimum Gasteiger partial charge on any atom is -0.378 e. The molecule has 1 nitrogen and oxygen atoms in total. The van der Waals surface area contributed by atoms with Crippen LogP contribution in [0.1, 0.15) is 17.2 Å². The second-order valence-electron chi connectivity index (χ2n) is 4.23. The Morgan fingerprint density at radius 3 is 2.59 bits per heavy atom. The lowest BCUT2D eigenvalue weighted by atomic mass is 10.0. The minimum absolute atomic E-state index is 0.0301. The Bertz CT molecular complexity index is 541. The molecule has 0 bridgehead atoms. The number of anilines is 1. The van der Waals surface area contributed by atoms with Crippen molar-refractivity contribution in [2.24, 2.45) is 0 Å². The molecule has 1 atom stereocenters. The Kier molecular flexibility index (Phi) is 2.32. The minimum atomic E-state index is -0.802. The molecule has 0 spiro atoms. The summed E-state index contributed by atoms with van der Waals surface area (Å²) >= 11 is 0. The summed E-state index contributed by atoms with van der Waals surface area (Å²) in [5.41, 5.74) is 3.06. The topological polar surface area (TPSA) is 12.0 Å². The zero-order valence-electron chi connectivity index (χ0n) is 9.08. The van der Waals surface area contributed by atoms with Crippen molar-refractivity contribution in [1.29, 1.82) is 0 Å². The maximum atomic E-state index is 13.2. The molecule has 0 fully saturated rings. The van der Waals surface area contributed by atoms with Gasteiger partial charge in [0.15, 0.2) is 11.6 Å². The smallest absolute Gasteiger partial charge is 0.159 e. The highest BCUT2D eigenvalue weighted by atomic mass is 19.2. The van der Waals surface area contributed by atoms with Gasteiger partial charge in [0, 0.05) is 5.69 Å². The predicted octanol–water partition coefficient (Wildman–Crippen LogP) is 3.67. The van der Waals surface area contributed by atoms with Crippen LogP contribution in [0.25, 0.3) is 0 Å². The molecule has 1 aliphatic heterocycles. The van der Waals surface area contributed by atoms with Crippen molar-refractivity contribution in [2.75, 3.05) is 5.32 Å². The van der Waals surface area contributed by atoms with Crippen LogP contribution in [-0.4, -0.2) is 0 Å². The van der Waals surface area contributed by atoms with Crippen LogP contribution in [0.3, 0.4) is 0 Å². The van der Waals surface area contributed by atoms with E-state index >= 15 is 0 Å². The van der Waals surface area contributed by atoms with Crippen LogP contribution < -0.4 is 5.32 Å². The molecule has 2 aromatic carbocycles. The van der Waals surface area contributed by atoms with E-state index in [1.165, 1.54) is 17.7 Å². The second-order valence-corrected chi connectivity index (χ2v) is 4.23. The van der Waals surface area contributed by atoms with E-state index in [9.17, 15) is 8.78 Å². The number of halogens is 2. The molecule has 1 heterocycles. The largest absolute Gasteiger partial charge is 0.378 e. The number of fused-ring (bicyclic) bond motifs is 1. The van der Waals surface area contributed by atoms with E-state index in [0.29, 0.717) is 0 Å². The maximum absolute atomic E-state index is 13.2. The van der Waals surface area contributed by atoms with Crippen LogP contribution in [0.15, 0.2) is 42.5 Å². The number of rotatable bonds is 1. The summed E-state index contributed by atoms with van der Waals surface area (Å²) in [6.45, 7) is 0. The van der Waals surface area contributed by atoms with Crippen LogP contribution >= 0.6 is 0 Å². The maximum Gasteiger partial charge on any atom is 0.159 e. The van der Waals surface area contributed by atoms with Gasteiger partial charge in [-0.25, -0.2) is 8.78 Å². The summed E-state index contributed by atoms with van der Waals surface area (Å²) in [6.07, 6.45) is 0.807. The van der Waals surface area contributed by atoms with Crippen LogP contribution in [0.5, 0.6) is 0 Å². The molecule has 3 rings (SSSR count). The summed E-state index contributed by atoms with van der Waals surface area (Å²) in [6, 6.07) is 12.1. The highest BCUT2D eigenvalue weighted by Gasteiger charge is 2.22. The van der Waals surface area contributed by atoms with Crippen LogP contribution in [0.2, 0.25) is 0 Å². The number of hydrogen-bond acceptors (Lipinski definition) is 1. The third-order valence-electron chi connectivity index (χ3n) is 3.12. The summed E-state index contributed by atoms with van der Waals surface area (Å²) in [7, 11) is 0. The zero-order chi connectivity index (χ0) is 11.8. The van der Waals surface area contributed by atoms with E-state index in [1.54, 1.807) is 6.07 Å². The van der Waals surface area contributed by atoms with Gasteiger partial charge >= 0.3 is 0 Å². The van der Waals surface area contributed by atoms with E-state index < -0.39 is 11.6 Å². The van der Waals surface area contributed by atoms with Gasteiger partial charge in [0.2, 0.25) is 0 Å². The average Bonchev–Trinajstić information content (AvgIpc) is 2.76. The standard InChI is InChI=1S/C14H11F2N/c15-11-6-5-10(7-12(11)16)14-8-9-3-1-2-4-13(9)17-14/h1-7,14,17H,8H2. The Morgan fingerprint density at radius 1 is 1.00 bits per heavy atom. The van der Waals surface area contributed by atoms with E-state index in [2.05, 4.69) is 5.32 Å². The fourth-order valence-corrected chi connectivity index (χ4v) is 2.23. The molecule has 0 aliphatic carbocycles. The number of hydrogen-bond donors (Lipinski definition) is 1. The fourth-order valence-electron chi connectivity index (χ4n) is 2.23. The molecular weight excluding hydrogens is 220 g/mol. The van der Waals surface area contributed by atoms with Gasteiger partial charge in [-0.1, -0.05) is 24.3 Å². The van der Waals surface area contributed by atoms with Gasteiger partial charge in [0.05, 0.1) is 6.04 Å². The molecule has 2 aromatic rings. The van der Waals surface area contributed by atoms with Crippen molar-refractivity contribution >= 4 is 5.69 Å². The lowest BCUT2D eigenvalue weighted by Gasteiger charge is -2.11. The van der Waals surface area contributed by atoms with E-state index in [0.717, 1.165) is 17.7 Å². The molecule has 3 heteroatoms. The summed E-state index contributed by atoms with van der Waals surface area (Å²) in [4.78, 5) is 0. The van der Waals surface area contributed by atoms with Gasteiger partial charge < -0.3 is 5.32 Å². The molecule has 1 N–H and O–H groups in total. The first-order valence-corrected chi connectivity index (χ1v) is 5.53. The highest BCUT2D eigenvalue weighted by molar-refractivity contribution is 5.58. The van der Waals surface area contributed by atoms with Crippen molar-refractivity contribution in [2.45, 2.75) is 12.5 Å². The van der Waals surface area contributed by atoms with Gasteiger partial charge in [0.1, 0.15) is 0 Å². The monoisotopic (exact) mass is 231 g/mol. The molecular formula is C14H11F2N. The highest BCUT2D eigenvalue weighted by Crippen LogP contribution is 2.34. The third-order valence-corrected chi connectivity index (χ3v) is 3.12. The quantitative estimate of drug-likeness (QED) is 0.789. The predicted molar refractivity (Wildman–Crippen MR) is 62.9 cm³/mol. The molecule has 1 aliphatic rings. The van der Waals surface area contributed by atoms with E-state index in [1.807, 2.05) is 24.3 Å². The molecule has 0 amide bonds. The first-order chi connectivity index (χ1) is 8.24. The number of benzene rings is 2. The molecule has 0 radical (unpaired) electrons. The Hall–Kier alpha value is -1.90.